The van der Waals surface area contributed by atoms with Crippen LogP contribution in [0, 0.1) is 0 Å². The lowest BCUT2D eigenvalue weighted by Crippen LogP contribution is -2.58. The third kappa shape index (κ3) is 5.74. The zero-order valence-electron chi connectivity index (χ0n) is 12.3. The number of nitrogens with zero attached hydrogens (tertiary/aromatic N) is 1. The first kappa shape index (κ1) is 18.7. The van der Waals surface area contributed by atoms with E-state index in [-0.39, 0.29) is 12.0 Å². The van der Waals surface area contributed by atoms with Gasteiger partial charge in [-0.05, 0) is 19.1 Å². The number of rotatable bonds is 3. The van der Waals surface area contributed by atoms with Crippen LogP contribution in [0.3, 0.4) is 0 Å². The van der Waals surface area contributed by atoms with E-state index in [4.69, 9.17) is 14.6 Å². The number of alkyl halides is 3. The van der Waals surface area contributed by atoms with Gasteiger partial charge in [0.05, 0.1) is 6.20 Å². The van der Waals surface area contributed by atoms with E-state index >= 15 is 0 Å². The summed E-state index contributed by atoms with van der Waals surface area (Å²) in [5, 5.41) is 12.9. The van der Waals surface area contributed by atoms with Crippen LogP contribution in [-0.2, 0) is 4.79 Å². The Hall–Kier alpha value is -2.36. The fourth-order valence-corrected chi connectivity index (χ4v) is 1.48. The van der Waals surface area contributed by atoms with Gasteiger partial charge in [0.2, 0.25) is 0 Å². The minimum Gasteiger partial charge on any atom is -0.486 e. The number of aliphatic carboxylic acids is 1. The van der Waals surface area contributed by atoms with E-state index in [9.17, 15) is 18.0 Å². The van der Waals surface area contributed by atoms with Crippen LogP contribution in [0.1, 0.15) is 17.4 Å². The summed E-state index contributed by atoms with van der Waals surface area (Å²) in [6, 6.07) is 3.80. The van der Waals surface area contributed by atoms with Crippen molar-refractivity contribution in [2.75, 3.05) is 13.6 Å². The topological polar surface area (TPSA) is 101 Å². The van der Waals surface area contributed by atoms with E-state index in [0.717, 1.165) is 6.54 Å². The summed E-state index contributed by atoms with van der Waals surface area (Å²) in [6.45, 7) is 2.93. The number of halogens is 3. The number of carboxylic acid groups (broad SMARTS) is 1. The fraction of sp³-hybridized carbons (Fsp3) is 0.462. The highest BCUT2D eigenvalue weighted by atomic mass is 19.4. The van der Waals surface area contributed by atoms with Crippen LogP contribution < -0.4 is 15.4 Å². The number of carbonyl (C=O) groups is 2. The van der Waals surface area contributed by atoms with Gasteiger partial charge in [-0.15, -0.1) is 0 Å². The molecule has 0 saturated carbocycles. The Morgan fingerprint density at radius 2 is 2.04 bits per heavy atom. The van der Waals surface area contributed by atoms with Gasteiger partial charge in [-0.1, -0.05) is 0 Å². The number of hydrogen-bond donors (Lipinski definition) is 3. The molecule has 1 aromatic heterocycles. The lowest BCUT2D eigenvalue weighted by molar-refractivity contribution is -0.192. The van der Waals surface area contributed by atoms with E-state index in [2.05, 4.69) is 22.5 Å². The zero-order valence-corrected chi connectivity index (χ0v) is 12.3. The second-order valence-electron chi connectivity index (χ2n) is 4.61. The minimum atomic E-state index is -5.08. The van der Waals surface area contributed by atoms with E-state index in [1.165, 1.54) is 0 Å². The summed E-state index contributed by atoms with van der Waals surface area (Å²) in [7, 11) is 1.58. The molecule has 3 N–H and O–H groups in total. The first-order chi connectivity index (χ1) is 10.6. The SMILES string of the molecule is CNC(=O)c1ccc(O[C@H]2CN[C@@H]2C)cn1.O=C(O)C(F)(F)F. The van der Waals surface area contributed by atoms with Gasteiger partial charge < -0.3 is 20.5 Å². The van der Waals surface area contributed by atoms with E-state index in [1.54, 1.807) is 25.4 Å². The first-order valence-electron chi connectivity index (χ1n) is 6.53. The molecule has 0 aliphatic carbocycles. The van der Waals surface area contributed by atoms with Gasteiger partial charge in [-0.2, -0.15) is 13.2 Å². The number of amides is 1. The Balaban J connectivity index is 0.000000322. The van der Waals surface area contributed by atoms with Crippen LogP contribution >= 0.6 is 0 Å². The number of nitrogens with one attached hydrogen (secondary N) is 2. The van der Waals surface area contributed by atoms with Gasteiger partial charge in [0.1, 0.15) is 17.5 Å². The molecule has 1 saturated heterocycles. The van der Waals surface area contributed by atoms with E-state index in [1.807, 2.05) is 0 Å². The van der Waals surface area contributed by atoms with Gasteiger partial charge in [0.15, 0.2) is 0 Å². The van der Waals surface area contributed by atoms with Crippen molar-refractivity contribution in [1.29, 1.82) is 0 Å². The summed E-state index contributed by atoms with van der Waals surface area (Å²) in [4.78, 5) is 24.2. The lowest BCUT2D eigenvalue weighted by Gasteiger charge is -2.35. The summed E-state index contributed by atoms with van der Waals surface area (Å²) < 4.78 is 37.4. The number of hydrogen-bond acceptors (Lipinski definition) is 5. The Morgan fingerprint density at radius 3 is 2.35 bits per heavy atom. The highest BCUT2D eigenvalue weighted by Gasteiger charge is 2.38. The zero-order chi connectivity index (χ0) is 17.6. The number of carbonyl (C=O) groups excluding carboxylic acids is 1. The van der Waals surface area contributed by atoms with Crippen LogP contribution in [0.25, 0.3) is 0 Å². The molecule has 1 aliphatic heterocycles. The van der Waals surface area contributed by atoms with Gasteiger partial charge in [0.25, 0.3) is 5.91 Å². The molecular formula is C13H16F3N3O4. The molecule has 1 fully saturated rings. The molecule has 2 rings (SSSR count). The third-order valence-corrected chi connectivity index (χ3v) is 2.92. The van der Waals surface area contributed by atoms with Crippen molar-refractivity contribution in [2.24, 2.45) is 0 Å². The molecular weight excluding hydrogens is 319 g/mol. The molecule has 2 atom stereocenters. The Morgan fingerprint density at radius 1 is 1.43 bits per heavy atom. The second kappa shape index (κ2) is 7.77. The van der Waals surface area contributed by atoms with Crippen molar-refractivity contribution < 1.29 is 32.6 Å². The van der Waals surface area contributed by atoms with E-state index in [0.29, 0.717) is 17.5 Å². The summed E-state index contributed by atoms with van der Waals surface area (Å²) in [5.74, 6) is -2.25. The average molecular weight is 335 g/mol. The Labute approximate surface area is 129 Å². The standard InChI is InChI=1S/C11H15N3O2.C2HF3O2/c1-7-10(6-13-7)16-8-3-4-9(14-5-8)11(15)12-2;3-2(4,5)1(6)7/h3-5,7,10,13H,6H2,1-2H3,(H,12,15);(H,6,7)/t7-,10+;/m1./s1. The molecule has 0 radical (unpaired) electrons. The maximum Gasteiger partial charge on any atom is 0.490 e. The summed E-state index contributed by atoms with van der Waals surface area (Å²) in [6.07, 6.45) is -3.30. The number of pyridine rings is 1. The first-order valence-corrected chi connectivity index (χ1v) is 6.53. The maximum absolute atomic E-state index is 11.2. The van der Waals surface area contributed by atoms with Crippen LogP contribution in [0.2, 0.25) is 0 Å². The molecule has 2 heterocycles. The van der Waals surface area contributed by atoms with Crippen LogP contribution in [0.4, 0.5) is 13.2 Å². The molecule has 10 heteroatoms. The largest absolute Gasteiger partial charge is 0.490 e. The molecule has 23 heavy (non-hydrogen) atoms. The molecule has 0 aromatic carbocycles. The summed E-state index contributed by atoms with van der Waals surface area (Å²) in [5.41, 5.74) is 0.398. The highest BCUT2D eigenvalue weighted by Crippen LogP contribution is 2.16. The van der Waals surface area contributed by atoms with Crippen molar-refractivity contribution >= 4 is 11.9 Å². The van der Waals surface area contributed by atoms with Crippen molar-refractivity contribution in [3.05, 3.63) is 24.0 Å². The van der Waals surface area contributed by atoms with Crippen LogP contribution in [0.15, 0.2) is 18.3 Å². The molecule has 1 amide bonds. The smallest absolute Gasteiger partial charge is 0.486 e. The predicted molar refractivity (Wildman–Crippen MR) is 73.2 cm³/mol. The number of ether oxygens (including phenoxy) is 1. The second-order valence-corrected chi connectivity index (χ2v) is 4.61. The molecule has 1 aliphatic rings. The maximum atomic E-state index is 11.2. The fourth-order valence-electron chi connectivity index (χ4n) is 1.48. The van der Waals surface area contributed by atoms with Gasteiger partial charge in [-0.25, -0.2) is 9.78 Å². The Kier molecular flexibility index (Phi) is 6.31. The normalized spacial score (nSPS) is 19.7. The lowest BCUT2D eigenvalue weighted by atomic mass is 10.1. The molecule has 7 nitrogen and oxygen atoms in total. The number of aromatic nitrogens is 1. The predicted octanol–water partition coefficient (Wildman–Crippen LogP) is 0.814. The average Bonchev–Trinajstić information content (AvgIpc) is 2.50. The van der Waals surface area contributed by atoms with Gasteiger partial charge >= 0.3 is 12.1 Å². The highest BCUT2D eigenvalue weighted by molar-refractivity contribution is 5.91. The molecule has 128 valence electrons. The van der Waals surface area contributed by atoms with Crippen molar-refractivity contribution in [1.82, 2.24) is 15.6 Å². The number of carboxylic acids is 1. The van der Waals surface area contributed by atoms with E-state index < -0.39 is 12.1 Å². The molecule has 0 spiro atoms. The van der Waals surface area contributed by atoms with Crippen molar-refractivity contribution in [3.63, 3.8) is 0 Å². The summed E-state index contributed by atoms with van der Waals surface area (Å²) >= 11 is 0. The molecule has 1 aromatic rings. The van der Waals surface area contributed by atoms with Crippen molar-refractivity contribution in [2.45, 2.75) is 25.2 Å². The minimum absolute atomic E-state index is 0.190. The Bertz CT molecular complexity index is 548. The van der Waals surface area contributed by atoms with Gasteiger partial charge in [-0.3, -0.25) is 4.79 Å². The van der Waals surface area contributed by atoms with Crippen LogP contribution in [0.5, 0.6) is 5.75 Å². The van der Waals surface area contributed by atoms with Crippen molar-refractivity contribution in [3.8, 4) is 5.75 Å². The van der Waals surface area contributed by atoms with Crippen LogP contribution in [-0.4, -0.2) is 53.9 Å². The monoisotopic (exact) mass is 335 g/mol. The molecule has 0 unspecified atom stereocenters. The molecule has 0 bridgehead atoms. The van der Waals surface area contributed by atoms with Gasteiger partial charge in [0, 0.05) is 19.6 Å². The quantitative estimate of drug-likeness (QED) is 0.756. The third-order valence-electron chi connectivity index (χ3n) is 2.92.